The fraction of sp³-hybridized carbons (Fsp3) is 0.231. The minimum absolute atomic E-state index is 0.0381. The molecule has 3 nitrogen and oxygen atoms in total. The van der Waals surface area contributed by atoms with Crippen molar-refractivity contribution in [2.45, 2.75) is 19.3 Å². The summed E-state index contributed by atoms with van der Waals surface area (Å²) >= 11 is 11.8. The topological polar surface area (TPSA) is 45.8 Å². The molecule has 0 aliphatic rings. The van der Waals surface area contributed by atoms with Crippen LogP contribution in [-0.4, -0.2) is 15.8 Å². The van der Waals surface area contributed by atoms with Crippen molar-refractivity contribution in [2.75, 3.05) is 0 Å². The van der Waals surface area contributed by atoms with E-state index >= 15 is 0 Å². The Labute approximate surface area is 115 Å². The van der Waals surface area contributed by atoms with E-state index in [0.29, 0.717) is 22.0 Å². The number of hydrogen-bond acceptors (Lipinski definition) is 2. The average molecular weight is 283 g/mol. The molecule has 0 atom stereocenters. The molecule has 0 radical (unpaired) electrons. The zero-order valence-electron chi connectivity index (χ0n) is 9.62. The molecule has 0 amide bonds. The van der Waals surface area contributed by atoms with E-state index in [4.69, 9.17) is 23.2 Å². The number of carbonyl (C=O) groups excluding carboxylic acids is 1. The van der Waals surface area contributed by atoms with Gasteiger partial charge in [0.05, 0.1) is 11.3 Å². The van der Waals surface area contributed by atoms with Crippen LogP contribution in [0.1, 0.15) is 28.9 Å². The second-order valence-electron chi connectivity index (χ2n) is 3.98. The van der Waals surface area contributed by atoms with E-state index in [-0.39, 0.29) is 5.78 Å². The second-order valence-corrected chi connectivity index (χ2v) is 4.82. The Balaban J connectivity index is 1.91. The summed E-state index contributed by atoms with van der Waals surface area (Å²) in [7, 11) is 0. The van der Waals surface area contributed by atoms with Gasteiger partial charge >= 0.3 is 0 Å². The minimum atomic E-state index is 0.0381. The summed E-state index contributed by atoms with van der Waals surface area (Å²) < 4.78 is 0. The van der Waals surface area contributed by atoms with Crippen LogP contribution in [0, 0.1) is 0 Å². The standard InChI is InChI=1S/C13H12Cl2N2O/c14-9-4-5-11(12(15)6-9)13(18)3-1-2-10-7-16-8-17-10/h4-8H,1-3H2,(H,16,17). The van der Waals surface area contributed by atoms with Gasteiger partial charge in [0.2, 0.25) is 0 Å². The SMILES string of the molecule is O=C(CCCc1cnc[nH]1)c1ccc(Cl)cc1Cl. The molecule has 1 aromatic heterocycles. The third-order valence-electron chi connectivity index (χ3n) is 2.64. The molecule has 18 heavy (non-hydrogen) atoms. The van der Waals surface area contributed by atoms with Gasteiger partial charge < -0.3 is 4.98 Å². The zero-order valence-corrected chi connectivity index (χ0v) is 11.1. The predicted molar refractivity (Wildman–Crippen MR) is 72.3 cm³/mol. The van der Waals surface area contributed by atoms with E-state index in [9.17, 15) is 4.79 Å². The van der Waals surface area contributed by atoms with Crippen molar-refractivity contribution < 1.29 is 4.79 Å². The molecule has 0 saturated carbocycles. The number of imidazole rings is 1. The van der Waals surface area contributed by atoms with Crippen molar-refractivity contribution in [3.8, 4) is 0 Å². The largest absolute Gasteiger partial charge is 0.348 e. The van der Waals surface area contributed by atoms with E-state index in [1.54, 1.807) is 30.7 Å². The Bertz CT molecular complexity index is 538. The van der Waals surface area contributed by atoms with Gasteiger partial charge in [-0.2, -0.15) is 0 Å². The summed E-state index contributed by atoms with van der Waals surface area (Å²) in [5.41, 5.74) is 1.57. The third kappa shape index (κ3) is 3.34. The van der Waals surface area contributed by atoms with Gasteiger partial charge in [-0.3, -0.25) is 4.79 Å². The number of Topliss-reactive ketones (excluding diaryl/α,β-unsaturated/α-hetero) is 1. The van der Waals surface area contributed by atoms with E-state index in [1.807, 2.05) is 0 Å². The van der Waals surface area contributed by atoms with Crippen LogP contribution in [0.2, 0.25) is 10.0 Å². The normalized spacial score (nSPS) is 10.6. The van der Waals surface area contributed by atoms with Crippen molar-refractivity contribution in [3.05, 3.63) is 52.0 Å². The molecule has 94 valence electrons. The van der Waals surface area contributed by atoms with E-state index in [0.717, 1.165) is 18.5 Å². The lowest BCUT2D eigenvalue weighted by Crippen LogP contribution is -2.01. The summed E-state index contributed by atoms with van der Waals surface area (Å²) in [6.07, 6.45) is 5.42. The van der Waals surface area contributed by atoms with Gasteiger partial charge in [0, 0.05) is 28.9 Å². The Hall–Kier alpha value is -1.32. The predicted octanol–water partition coefficient (Wildman–Crippen LogP) is 3.92. The van der Waals surface area contributed by atoms with Crippen LogP contribution in [0.4, 0.5) is 0 Å². The van der Waals surface area contributed by atoms with E-state index in [2.05, 4.69) is 9.97 Å². The number of aromatic nitrogens is 2. The van der Waals surface area contributed by atoms with Gasteiger partial charge in [-0.05, 0) is 31.0 Å². The molecule has 1 heterocycles. The first-order chi connectivity index (χ1) is 8.66. The molecule has 1 N–H and O–H groups in total. The Morgan fingerprint density at radius 3 is 2.83 bits per heavy atom. The van der Waals surface area contributed by atoms with Crippen molar-refractivity contribution in [3.63, 3.8) is 0 Å². The summed E-state index contributed by atoms with van der Waals surface area (Å²) in [5.74, 6) is 0.0381. The maximum atomic E-state index is 12.0. The highest BCUT2D eigenvalue weighted by Crippen LogP contribution is 2.22. The minimum Gasteiger partial charge on any atom is -0.348 e. The van der Waals surface area contributed by atoms with Gasteiger partial charge in [-0.25, -0.2) is 4.98 Å². The van der Waals surface area contributed by atoms with Crippen LogP contribution >= 0.6 is 23.2 Å². The number of benzene rings is 1. The molecular formula is C13H12Cl2N2O. The molecule has 0 spiro atoms. The monoisotopic (exact) mass is 282 g/mol. The van der Waals surface area contributed by atoms with Gasteiger partial charge in [0.25, 0.3) is 0 Å². The van der Waals surface area contributed by atoms with Crippen molar-refractivity contribution >= 4 is 29.0 Å². The van der Waals surface area contributed by atoms with Crippen LogP contribution in [0.3, 0.4) is 0 Å². The molecular weight excluding hydrogens is 271 g/mol. The number of ketones is 1. The fourth-order valence-corrected chi connectivity index (χ4v) is 2.22. The highest BCUT2D eigenvalue weighted by molar-refractivity contribution is 6.36. The van der Waals surface area contributed by atoms with Crippen LogP contribution in [-0.2, 0) is 6.42 Å². The smallest absolute Gasteiger partial charge is 0.164 e. The lowest BCUT2D eigenvalue weighted by molar-refractivity contribution is 0.0980. The number of nitrogens with zero attached hydrogens (tertiary/aromatic N) is 1. The highest BCUT2D eigenvalue weighted by atomic mass is 35.5. The summed E-state index contributed by atoms with van der Waals surface area (Å²) in [5, 5.41) is 0.947. The quantitative estimate of drug-likeness (QED) is 0.845. The number of nitrogens with one attached hydrogen (secondary N) is 1. The average Bonchev–Trinajstić information content (AvgIpc) is 2.81. The summed E-state index contributed by atoms with van der Waals surface area (Å²) in [4.78, 5) is 18.9. The van der Waals surface area contributed by atoms with Gasteiger partial charge in [0.1, 0.15) is 0 Å². The van der Waals surface area contributed by atoms with Gasteiger partial charge in [-0.15, -0.1) is 0 Å². The lowest BCUT2D eigenvalue weighted by atomic mass is 10.0. The maximum absolute atomic E-state index is 12.0. The Morgan fingerprint density at radius 1 is 1.33 bits per heavy atom. The first kappa shape index (κ1) is 13.1. The van der Waals surface area contributed by atoms with Crippen molar-refractivity contribution in [2.24, 2.45) is 0 Å². The second kappa shape index (κ2) is 6.03. The molecule has 5 heteroatoms. The number of aryl methyl sites for hydroxylation is 1. The molecule has 0 unspecified atom stereocenters. The van der Waals surface area contributed by atoms with Gasteiger partial charge in [-0.1, -0.05) is 23.2 Å². The van der Waals surface area contributed by atoms with Crippen LogP contribution in [0.15, 0.2) is 30.7 Å². The first-order valence-electron chi connectivity index (χ1n) is 5.62. The maximum Gasteiger partial charge on any atom is 0.164 e. The molecule has 0 aliphatic carbocycles. The summed E-state index contributed by atoms with van der Waals surface area (Å²) in [6.45, 7) is 0. The molecule has 1 aromatic carbocycles. The number of rotatable bonds is 5. The van der Waals surface area contributed by atoms with Crippen LogP contribution in [0.5, 0.6) is 0 Å². The molecule has 0 fully saturated rings. The molecule has 0 aliphatic heterocycles. The Morgan fingerprint density at radius 2 is 2.17 bits per heavy atom. The molecule has 2 rings (SSSR count). The Kier molecular flexibility index (Phi) is 4.39. The molecule has 2 aromatic rings. The summed E-state index contributed by atoms with van der Waals surface area (Å²) in [6, 6.07) is 4.93. The van der Waals surface area contributed by atoms with Crippen molar-refractivity contribution in [1.29, 1.82) is 0 Å². The van der Waals surface area contributed by atoms with Gasteiger partial charge in [0.15, 0.2) is 5.78 Å². The third-order valence-corrected chi connectivity index (χ3v) is 3.18. The van der Waals surface area contributed by atoms with Crippen LogP contribution in [0.25, 0.3) is 0 Å². The fourth-order valence-electron chi connectivity index (χ4n) is 1.71. The number of halogens is 2. The molecule has 0 bridgehead atoms. The number of carbonyl (C=O) groups is 1. The molecule has 0 saturated heterocycles. The van der Waals surface area contributed by atoms with E-state index in [1.165, 1.54) is 0 Å². The van der Waals surface area contributed by atoms with E-state index < -0.39 is 0 Å². The number of aromatic amines is 1. The van der Waals surface area contributed by atoms with Crippen molar-refractivity contribution in [1.82, 2.24) is 9.97 Å². The lowest BCUT2D eigenvalue weighted by Gasteiger charge is -2.03. The zero-order chi connectivity index (χ0) is 13.0. The first-order valence-corrected chi connectivity index (χ1v) is 6.38. The van der Waals surface area contributed by atoms with Crippen LogP contribution < -0.4 is 0 Å². The number of hydrogen-bond donors (Lipinski definition) is 1. The highest BCUT2D eigenvalue weighted by Gasteiger charge is 2.10. The number of H-pyrrole nitrogens is 1.